The molecule has 72 valence electrons. The van der Waals surface area contributed by atoms with Crippen molar-refractivity contribution in [3.8, 4) is 0 Å². The first-order chi connectivity index (χ1) is 5.58. The lowest BCUT2D eigenvalue weighted by atomic mass is 9.92. The first-order valence-corrected chi connectivity index (χ1v) is 4.89. The Bertz CT molecular complexity index is 122. The molecule has 0 aliphatic carbocycles. The molecule has 1 fully saturated rings. The number of rotatable bonds is 3. The van der Waals surface area contributed by atoms with E-state index >= 15 is 0 Å². The Balaban J connectivity index is 2.02. The third-order valence-corrected chi connectivity index (χ3v) is 2.24. The summed E-state index contributed by atoms with van der Waals surface area (Å²) in [7, 11) is 0. The summed E-state index contributed by atoms with van der Waals surface area (Å²) in [6.07, 6.45) is 2.42. The second-order valence-electron chi connectivity index (χ2n) is 4.83. The number of nitrogens with one attached hydrogen (secondary N) is 1. The molecule has 1 heterocycles. The molecule has 1 aliphatic heterocycles. The minimum Gasteiger partial charge on any atom is -0.380 e. The largest absolute Gasteiger partial charge is 0.380 e. The predicted octanol–water partition coefficient (Wildman–Crippen LogP) is 1.80. The van der Waals surface area contributed by atoms with Crippen molar-refractivity contribution < 1.29 is 4.74 Å². The molecule has 0 aromatic carbocycles. The molecule has 2 nitrogen and oxygen atoms in total. The van der Waals surface area contributed by atoms with Crippen molar-refractivity contribution in [3.63, 3.8) is 0 Å². The Kier molecular flexibility index (Phi) is 3.53. The monoisotopic (exact) mass is 171 g/mol. The van der Waals surface area contributed by atoms with E-state index in [0.29, 0.717) is 11.5 Å². The molecule has 0 radical (unpaired) electrons. The van der Waals surface area contributed by atoms with Crippen LogP contribution in [0, 0.1) is 5.41 Å². The van der Waals surface area contributed by atoms with Gasteiger partial charge in [-0.05, 0) is 24.8 Å². The van der Waals surface area contributed by atoms with E-state index in [1.54, 1.807) is 0 Å². The molecule has 1 rings (SSSR count). The van der Waals surface area contributed by atoms with E-state index in [-0.39, 0.29) is 0 Å². The van der Waals surface area contributed by atoms with Gasteiger partial charge in [0.1, 0.15) is 0 Å². The van der Waals surface area contributed by atoms with E-state index in [9.17, 15) is 0 Å². The van der Waals surface area contributed by atoms with Crippen LogP contribution in [0.1, 0.15) is 33.6 Å². The third-order valence-electron chi connectivity index (χ3n) is 2.24. The van der Waals surface area contributed by atoms with Crippen LogP contribution in [-0.4, -0.2) is 25.8 Å². The van der Waals surface area contributed by atoms with Crippen LogP contribution in [-0.2, 0) is 4.74 Å². The van der Waals surface area contributed by atoms with Gasteiger partial charge in [0, 0.05) is 12.6 Å². The molecular weight excluding hydrogens is 150 g/mol. The van der Waals surface area contributed by atoms with Gasteiger partial charge in [0.25, 0.3) is 0 Å². The first kappa shape index (κ1) is 10.0. The maximum absolute atomic E-state index is 5.28. The zero-order chi connectivity index (χ0) is 9.03. The highest BCUT2D eigenvalue weighted by atomic mass is 16.5. The van der Waals surface area contributed by atoms with Crippen LogP contribution in [0.4, 0.5) is 0 Å². The lowest BCUT2D eigenvalue weighted by Gasteiger charge is -2.19. The van der Waals surface area contributed by atoms with E-state index in [2.05, 4.69) is 26.1 Å². The molecular formula is C10H21NO. The minimum absolute atomic E-state index is 0.451. The molecule has 0 aromatic rings. The summed E-state index contributed by atoms with van der Waals surface area (Å²) in [5, 5.41) is 3.51. The Morgan fingerprint density at radius 1 is 1.42 bits per heavy atom. The van der Waals surface area contributed by atoms with Crippen LogP contribution < -0.4 is 5.32 Å². The Morgan fingerprint density at radius 3 is 2.67 bits per heavy atom. The van der Waals surface area contributed by atoms with Gasteiger partial charge in [-0.15, -0.1) is 0 Å². The van der Waals surface area contributed by atoms with Crippen molar-refractivity contribution in [2.24, 2.45) is 5.41 Å². The van der Waals surface area contributed by atoms with E-state index in [1.165, 1.54) is 12.8 Å². The quantitative estimate of drug-likeness (QED) is 0.699. The molecule has 0 unspecified atom stereocenters. The minimum atomic E-state index is 0.451. The van der Waals surface area contributed by atoms with Crippen LogP contribution >= 0.6 is 0 Å². The summed E-state index contributed by atoms with van der Waals surface area (Å²) in [5.41, 5.74) is 0.451. The Morgan fingerprint density at radius 2 is 2.17 bits per heavy atom. The van der Waals surface area contributed by atoms with Gasteiger partial charge < -0.3 is 10.1 Å². The molecule has 0 aromatic heterocycles. The summed E-state index contributed by atoms with van der Waals surface area (Å²) in [5.74, 6) is 0. The number of hydrogen-bond acceptors (Lipinski definition) is 2. The molecule has 1 saturated heterocycles. The summed E-state index contributed by atoms with van der Waals surface area (Å²) >= 11 is 0. The average molecular weight is 171 g/mol. The van der Waals surface area contributed by atoms with E-state index in [1.807, 2.05) is 0 Å². The van der Waals surface area contributed by atoms with Crippen molar-refractivity contribution in [3.05, 3.63) is 0 Å². The Labute approximate surface area is 75.7 Å². The van der Waals surface area contributed by atoms with Gasteiger partial charge in [0.15, 0.2) is 0 Å². The van der Waals surface area contributed by atoms with Crippen molar-refractivity contribution in [2.45, 2.75) is 39.7 Å². The highest BCUT2D eigenvalue weighted by Crippen LogP contribution is 2.17. The molecule has 0 spiro atoms. The summed E-state index contributed by atoms with van der Waals surface area (Å²) in [6, 6.07) is 0.618. The van der Waals surface area contributed by atoms with Crippen LogP contribution in [0.2, 0.25) is 0 Å². The van der Waals surface area contributed by atoms with Gasteiger partial charge in [0.2, 0.25) is 0 Å². The number of ether oxygens (including phenoxy) is 1. The van der Waals surface area contributed by atoms with E-state index < -0.39 is 0 Å². The van der Waals surface area contributed by atoms with Crippen molar-refractivity contribution in [1.29, 1.82) is 0 Å². The average Bonchev–Trinajstić information content (AvgIpc) is 2.36. The molecule has 1 N–H and O–H groups in total. The van der Waals surface area contributed by atoms with Crippen LogP contribution in [0.15, 0.2) is 0 Å². The molecule has 0 amide bonds. The van der Waals surface area contributed by atoms with E-state index in [0.717, 1.165) is 19.8 Å². The third kappa shape index (κ3) is 4.07. The standard InChI is InChI=1S/C10H21NO/c1-10(2,3)5-6-11-9-4-7-12-8-9/h9,11H,4-8H2,1-3H3/t9-/m0/s1. The molecule has 2 heteroatoms. The second-order valence-corrected chi connectivity index (χ2v) is 4.83. The van der Waals surface area contributed by atoms with Crippen molar-refractivity contribution >= 4 is 0 Å². The van der Waals surface area contributed by atoms with Gasteiger partial charge >= 0.3 is 0 Å². The van der Waals surface area contributed by atoms with Gasteiger partial charge in [-0.1, -0.05) is 20.8 Å². The zero-order valence-corrected chi connectivity index (χ0v) is 8.52. The summed E-state index contributed by atoms with van der Waals surface area (Å²) in [6.45, 7) is 9.80. The number of hydrogen-bond donors (Lipinski definition) is 1. The predicted molar refractivity (Wildman–Crippen MR) is 51.3 cm³/mol. The fraction of sp³-hybridized carbons (Fsp3) is 1.00. The van der Waals surface area contributed by atoms with Crippen molar-refractivity contribution in [2.75, 3.05) is 19.8 Å². The summed E-state index contributed by atoms with van der Waals surface area (Å²) < 4.78 is 5.28. The normalized spacial score (nSPS) is 24.8. The van der Waals surface area contributed by atoms with Crippen molar-refractivity contribution in [1.82, 2.24) is 5.32 Å². The van der Waals surface area contributed by atoms with Crippen LogP contribution in [0.25, 0.3) is 0 Å². The van der Waals surface area contributed by atoms with Crippen LogP contribution in [0.5, 0.6) is 0 Å². The maximum Gasteiger partial charge on any atom is 0.0620 e. The maximum atomic E-state index is 5.28. The molecule has 0 bridgehead atoms. The molecule has 1 aliphatic rings. The highest BCUT2D eigenvalue weighted by Gasteiger charge is 2.16. The fourth-order valence-electron chi connectivity index (χ4n) is 1.35. The van der Waals surface area contributed by atoms with Gasteiger partial charge in [-0.25, -0.2) is 0 Å². The smallest absolute Gasteiger partial charge is 0.0620 e. The zero-order valence-electron chi connectivity index (χ0n) is 8.52. The summed E-state index contributed by atoms with van der Waals surface area (Å²) in [4.78, 5) is 0. The SMILES string of the molecule is CC(C)(C)CCN[C@H]1CCOC1. The topological polar surface area (TPSA) is 21.3 Å². The Hall–Kier alpha value is -0.0800. The lowest BCUT2D eigenvalue weighted by Crippen LogP contribution is -2.31. The fourth-order valence-corrected chi connectivity index (χ4v) is 1.35. The van der Waals surface area contributed by atoms with Crippen LogP contribution in [0.3, 0.4) is 0 Å². The second kappa shape index (κ2) is 4.24. The molecule has 1 atom stereocenters. The molecule has 12 heavy (non-hydrogen) atoms. The first-order valence-electron chi connectivity index (χ1n) is 4.89. The highest BCUT2D eigenvalue weighted by molar-refractivity contribution is 4.72. The molecule has 0 saturated carbocycles. The van der Waals surface area contributed by atoms with Gasteiger partial charge in [0.05, 0.1) is 6.61 Å². The van der Waals surface area contributed by atoms with Gasteiger partial charge in [-0.2, -0.15) is 0 Å². The lowest BCUT2D eigenvalue weighted by molar-refractivity contribution is 0.189. The van der Waals surface area contributed by atoms with E-state index in [4.69, 9.17) is 4.74 Å². The van der Waals surface area contributed by atoms with Gasteiger partial charge in [-0.3, -0.25) is 0 Å².